The van der Waals surface area contributed by atoms with Crippen LogP contribution in [0.2, 0.25) is 18.1 Å². The average Bonchev–Trinajstić information content (AvgIpc) is 2.42. The number of hydrogen-bond acceptors (Lipinski definition) is 4. The number of rotatable bonds is 7. The summed E-state index contributed by atoms with van der Waals surface area (Å²) in [5.74, 6) is -0.443. The Morgan fingerprint density at radius 3 is 2.17 bits per heavy atom. The Kier molecular flexibility index (Phi) is 6.72. The average molecular weight is 366 g/mol. The van der Waals surface area contributed by atoms with E-state index >= 15 is 0 Å². The molecule has 0 atom stereocenters. The van der Waals surface area contributed by atoms with Crippen LogP contribution in [0, 0.1) is 0 Å². The van der Waals surface area contributed by atoms with Crippen LogP contribution >= 0.6 is 0 Å². The van der Waals surface area contributed by atoms with Crippen LogP contribution in [-0.2, 0) is 15.8 Å². The summed E-state index contributed by atoms with van der Waals surface area (Å²) in [6.07, 6.45) is -4.79. The maximum Gasteiger partial charge on any atom is 0.573 e. The molecule has 0 bridgehead atoms. The van der Waals surface area contributed by atoms with Gasteiger partial charge in [-0.1, -0.05) is 26.8 Å². The summed E-state index contributed by atoms with van der Waals surface area (Å²) in [6, 6.07) is 4.24. The molecule has 0 unspecified atom stereocenters. The minimum Gasteiger partial charge on any atom is -0.464 e. The van der Waals surface area contributed by atoms with Gasteiger partial charge in [0.15, 0.2) is 26.6 Å². The third kappa shape index (κ3) is 6.33. The first-order chi connectivity index (χ1) is 10.9. The molecule has 0 aliphatic heterocycles. The van der Waals surface area contributed by atoms with Crippen LogP contribution in [0.4, 0.5) is 13.2 Å². The molecular weight excluding hydrogens is 341 g/mol. The molecule has 0 spiro atoms. The highest BCUT2D eigenvalue weighted by molar-refractivity contribution is 6.74. The van der Waals surface area contributed by atoms with Crippen molar-refractivity contribution in [3.05, 3.63) is 23.8 Å². The molecule has 1 aromatic rings. The standard InChI is InChI=1S/C16H25F3O4Si/c1-15(2,3)24(5,6)22-10-12-7-8-13(23-16(17,18)19)14(9-12)21-11-20-4/h7-9H,10-11H2,1-6H3. The molecule has 0 heterocycles. The lowest BCUT2D eigenvalue weighted by molar-refractivity contribution is -0.275. The largest absolute Gasteiger partial charge is 0.573 e. The Hall–Kier alpha value is -1.25. The topological polar surface area (TPSA) is 36.9 Å². The summed E-state index contributed by atoms with van der Waals surface area (Å²) in [4.78, 5) is 0. The molecule has 0 saturated carbocycles. The molecule has 0 fully saturated rings. The second kappa shape index (κ2) is 7.75. The van der Waals surface area contributed by atoms with Crippen LogP contribution in [0.1, 0.15) is 26.3 Å². The third-order valence-electron chi connectivity index (χ3n) is 3.97. The Bertz CT molecular complexity index is 539. The maximum absolute atomic E-state index is 12.5. The highest BCUT2D eigenvalue weighted by Gasteiger charge is 2.37. The predicted molar refractivity (Wildman–Crippen MR) is 87.6 cm³/mol. The molecule has 8 heteroatoms. The predicted octanol–water partition coefficient (Wildman–Crippen LogP) is 5.09. The second-order valence-corrected chi connectivity index (χ2v) is 11.7. The monoisotopic (exact) mass is 366 g/mol. The van der Waals surface area contributed by atoms with Crippen LogP contribution in [0.3, 0.4) is 0 Å². The van der Waals surface area contributed by atoms with Crippen molar-refractivity contribution in [3.8, 4) is 11.5 Å². The lowest BCUT2D eigenvalue weighted by atomic mass is 10.2. The first-order valence-electron chi connectivity index (χ1n) is 7.50. The molecule has 24 heavy (non-hydrogen) atoms. The minimum absolute atomic E-state index is 0.0366. The molecule has 0 saturated heterocycles. The van der Waals surface area contributed by atoms with Crippen LogP contribution in [0.15, 0.2) is 18.2 Å². The zero-order chi connectivity index (χ0) is 18.6. The Morgan fingerprint density at radius 2 is 1.67 bits per heavy atom. The molecule has 1 rings (SSSR count). The molecule has 138 valence electrons. The van der Waals surface area contributed by atoms with Gasteiger partial charge in [-0.3, -0.25) is 0 Å². The van der Waals surface area contributed by atoms with Crippen LogP contribution in [0.25, 0.3) is 0 Å². The number of ether oxygens (including phenoxy) is 3. The Balaban J connectivity index is 2.93. The molecule has 0 amide bonds. The van der Waals surface area contributed by atoms with Gasteiger partial charge < -0.3 is 18.6 Å². The number of halogens is 3. The molecule has 4 nitrogen and oxygen atoms in total. The van der Waals surface area contributed by atoms with Crippen LogP contribution in [-0.4, -0.2) is 28.6 Å². The van der Waals surface area contributed by atoms with Crippen molar-refractivity contribution in [3.63, 3.8) is 0 Å². The molecular formula is C16H25F3O4Si. The van der Waals surface area contributed by atoms with E-state index in [1.165, 1.54) is 25.3 Å². The van der Waals surface area contributed by atoms with Gasteiger partial charge >= 0.3 is 6.36 Å². The SMILES string of the molecule is COCOc1cc(CO[Si](C)(C)C(C)(C)C)ccc1OC(F)(F)F. The Morgan fingerprint density at radius 1 is 1.04 bits per heavy atom. The van der Waals surface area contributed by atoms with E-state index in [1.807, 2.05) is 0 Å². The fourth-order valence-corrected chi connectivity index (χ4v) is 2.53. The Labute approximate surface area is 142 Å². The van der Waals surface area contributed by atoms with Gasteiger partial charge in [0.1, 0.15) is 0 Å². The second-order valence-electron chi connectivity index (χ2n) is 6.93. The quantitative estimate of drug-likeness (QED) is 0.497. The summed E-state index contributed by atoms with van der Waals surface area (Å²) in [5.41, 5.74) is 0.709. The summed E-state index contributed by atoms with van der Waals surface area (Å²) in [6.45, 7) is 10.7. The van der Waals surface area contributed by atoms with Gasteiger partial charge in [0.25, 0.3) is 0 Å². The van der Waals surface area contributed by atoms with Gasteiger partial charge in [-0.2, -0.15) is 0 Å². The number of methoxy groups -OCH3 is 1. The van der Waals surface area contributed by atoms with Crippen LogP contribution < -0.4 is 9.47 Å². The zero-order valence-electron chi connectivity index (χ0n) is 14.9. The van der Waals surface area contributed by atoms with E-state index in [0.29, 0.717) is 12.2 Å². The van der Waals surface area contributed by atoms with Gasteiger partial charge in [0, 0.05) is 7.11 Å². The van der Waals surface area contributed by atoms with E-state index in [-0.39, 0.29) is 17.6 Å². The molecule has 1 aromatic carbocycles. The number of benzene rings is 1. The van der Waals surface area contributed by atoms with Crippen molar-refractivity contribution in [2.75, 3.05) is 13.9 Å². The van der Waals surface area contributed by atoms with Gasteiger partial charge in [0.2, 0.25) is 0 Å². The molecule has 0 N–H and O–H groups in total. The molecule has 0 aromatic heterocycles. The molecule has 0 radical (unpaired) electrons. The van der Waals surface area contributed by atoms with E-state index < -0.39 is 20.4 Å². The van der Waals surface area contributed by atoms with Crippen molar-refractivity contribution in [1.82, 2.24) is 0 Å². The summed E-state index contributed by atoms with van der Waals surface area (Å²) in [5, 5.41) is 0.0434. The molecule has 0 aliphatic rings. The van der Waals surface area contributed by atoms with Crippen molar-refractivity contribution < 1.29 is 31.8 Å². The van der Waals surface area contributed by atoms with E-state index in [1.54, 1.807) is 0 Å². The summed E-state index contributed by atoms with van der Waals surface area (Å²) >= 11 is 0. The normalized spacial score (nSPS) is 13.0. The first kappa shape index (κ1) is 20.8. The summed E-state index contributed by atoms with van der Waals surface area (Å²) < 4.78 is 57.3. The van der Waals surface area contributed by atoms with Gasteiger partial charge in [-0.05, 0) is 35.8 Å². The fourth-order valence-electron chi connectivity index (χ4n) is 1.57. The van der Waals surface area contributed by atoms with E-state index in [9.17, 15) is 13.2 Å². The van der Waals surface area contributed by atoms with E-state index in [2.05, 4.69) is 38.6 Å². The number of hydrogen-bond donors (Lipinski definition) is 0. The first-order valence-corrected chi connectivity index (χ1v) is 10.4. The van der Waals surface area contributed by atoms with E-state index in [4.69, 9.17) is 13.9 Å². The van der Waals surface area contributed by atoms with E-state index in [0.717, 1.165) is 0 Å². The van der Waals surface area contributed by atoms with Gasteiger partial charge in [-0.25, -0.2) is 0 Å². The fraction of sp³-hybridized carbons (Fsp3) is 0.625. The smallest absolute Gasteiger partial charge is 0.464 e. The highest BCUT2D eigenvalue weighted by atomic mass is 28.4. The van der Waals surface area contributed by atoms with Gasteiger partial charge in [-0.15, -0.1) is 13.2 Å². The maximum atomic E-state index is 12.5. The summed E-state index contributed by atoms with van der Waals surface area (Å²) in [7, 11) is -0.575. The minimum atomic E-state index is -4.79. The van der Waals surface area contributed by atoms with Crippen molar-refractivity contribution in [2.45, 2.75) is 51.9 Å². The molecule has 0 aliphatic carbocycles. The van der Waals surface area contributed by atoms with Crippen molar-refractivity contribution in [2.24, 2.45) is 0 Å². The van der Waals surface area contributed by atoms with Gasteiger partial charge in [0.05, 0.1) is 6.61 Å². The number of alkyl halides is 3. The van der Waals surface area contributed by atoms with Crippen molar-refractivity contribution in [1.29, 1.82) is 0 Å². The zero-order valence-corrected chi connectivity index (χ0v) is 15.9. The highest BCUT2D eigenvalue weighted by Crippen LogP contribution is 2.38. The third-order valence-corrected chi connectivity index (χ3v) is 8.45. The lowest BCUT2D eigenvalue weighted by Crippen LogP contribution is -2.40. The van der Waals surface area contributed by atoms with Crippen LogP contribution in [0.5, 0.6) is 11.5 Å². The van der Waals surface area contributed by atoms with Crippen molar-refractivity contribution >= 4 is 8.32 Å². The lowest BCUT2D eigenvalue weighted by Gasteiger charge is -2.36.